The van der Waals surface area contributed by atoms with Crippen molar-refractivity contribution in [2.45, 2.75) is 52.5 Å². The number of carboxylic acids is 1. The number of aliphatic carboxylic acids is 1. The number of nitrogens with zero attached hydrogens (tertiary/aromatic N) is 1. The highest BCUT2D eigenvalue weighted by molar-refractivity contribution is 5.76. The number of alkyl halides is 3. The summed E-state index contributed by atoms with van der Waals surface area (Å²) in [6, 6.07) is 13.2. The maximum absolute atomic E-state index is 13.4. The Morgan fingerprint density at radius 1 is 1.00 bits per heavy atom. The summed E-state index contributed by atoms with van der Waals surface area (Å²) in [7, 11) is 0. The number of halogens is 3. The van der Waals surface area contributed by atoms with Gasteiger partial charge in [-0.25, -0.2) is 4.79 Å². The SMILES string of the molecule is Cc1c(C(OC(C)(C)C)C(=O)O)n(-c2ccc(C(F)(F)F)cc2)c(C)c(Nc2ccccc2)c1=O. The van der Waals surface area contributed by atoms with E-state index in [0.29, 0.717) is 11.4 Å². The molecule has 0 bridgehead atoms. The quantitative estimate of drug-likeness (QED) is 0.435. The van der Waals surface area contributed by atoms with E-state index in [1.807, 2.05) is 6.07 Å². The number of hydrogen-bond donors (Lipinski definition) is 2. The summed E-state index contributed by atoms with van der Waals surface area (Å²) >= 11 is 0. The van der Waals surface area contributed by atoms with E-state index in [2.05, 4.69) is 5.32 Å². The lowest BCUT2D eigenvalue weighted by Gasteiger charge is -2.30. The van der Waals surface area contributed by atoms with E-state index >= 15 is 0 Å². The molecule has 1 aromatic heterocycles. The summed E-state index contributed by atoms with van der Waals surface area (Å²) in [5.74, 6) is -1.33. The number of ether oxygens (including phenoxy) is 1. The largest absolute Gasteiger partial charge is 0.479 e. The number of rotatable bonds is 6. The molecule has 6 nitrogen and oxygen atoms in total. The van der Waals surface area contributed by atoms with Crippen LogP contribution in [0, 0.1) is 13.8 Å². The minimum atomic E-state index is -4.53. The van der Waals surface area contributed by atoms with E-state index in [9.17, 15) is 27.9 Å². The predicted octanol–water partition coefficient (Wildman–Crippen LogP) is 6.16. The molecule has 0 saturated carbocycles. The van der Waals surface area contributed by atoms with Gasteiger partial charge in [-0.05, 0) is 71.0 Å². The number of carbonyl (C=O) groups is 1. The fraction of sp³-hybridized carbons (Fsp3) is 0.308. The molecule has 9 heteroatoms. The van der Waals surface area contributed by atoms with Crippen molar-refractivity contribution in [1.29, 1.82) is 0 Å². The Labute approximate surface area is 201 Å². The molecule has 0 aliphatic heterocycles. The number of pyridine rings is 1. The fourth-order valence-electron chi connectivity index (χ4n) is 3.76. The second-order valence-electron chi connectivity index (χ2n) is 9.12. The number of aromatic nitrogens is 1. The van der Waals surface area contributed by atoms with E-state index < -0.39 is 34.8 Å². The minimum Gasteiger partial charge on any atom is -0.479 e. The molecule has 186 valence electrons. The van der Waals surface area contributed by atoms with Gasteiger partial charge in [0.1, 0.15) is 5.69 Å². The first-order valence-electron chi connectivity index (χ1n) is 10.9. The minimum absolute atomic E-state index is 0.0355. The second-order valence-corrected chi connectivity index (χ2v) is 9.12. The highest BCUT2D eigenvalue weighted by Gasteiger charge is 2.34. The Hall–Kier alpha value is -3.59. The summed E-state index contributed by atoms with van der Waals surface area (Å²) < 4.78 is 46.8. The highest BCUT2D eigenvalue weighted by atomic mass is 19.4. The van der Waals surface area contributed by atoms with Gasteiger partial charge in [0.15, 0.2) is 6.10 Å². The van der Waals surface area contributed by atoms with Crippen molar-refractivity contribution < 1.29 is 27.8 Å². The molecule has 0 aliphatic rings. The molecule has 0 radical (unpaired) electrons. The molecule has 1 heterocycles. The standard InChI is InChI=1S/C26H27F3N2O4/c1-15-21(23(24(33)34)35-25(3,4)5)31(19-13-11-17(12-14-19)26(27,28)29)16(2)20(22(15)32)30-18-9-7-6-8-10-18/h6-14,23,30H,1-5H3,(H,33,34). The van der Waals surface area contributed by atoms with Gasteiger partial charge in [-0.2, -0.15) is 13.2 Å². The Balaban J connectivity index is 2.34. The van der Waals surface area contributed by atoms with Gasteiger partial charge >= 0.3 is 12.1 Å². The lowest BCUT2D eigenvalue weighted by Crippen LogP contribution is -2.33. The molecule has 0 amide bonds. The van der Waals surface area contributed by atoms with E-state index in [-0.39, 0.29) is 22.6 Å². The zero-order valence-electron chi connectivity index (χ0n) is 20.0. The first-order valence-corrected chi connectivity index (χ1v) is 10.9. The third-order valence-corrected chi connectivity index (χ3v) is 5.33. The number of anilines is 2. The Morgan fingerprint density at radius 2 is 1.57 bits per heavy atom. The molecule has 0 spiro atoms. The van der Waals surface area contributed by atoms with E-state index in [1.54, 1.807) is 52.0 Å². The lowest BCUT2D eigenvalue weighted by molar-refractivity contribution is -0.161. The number of hydrogen-bond acceptors (Lipinski definition) is 4. The maximum atomic E-state index is 13.4. The fourth-order valence-corrected chi connectivity index (χ4v) is 3.76. The molecule has 1 atom stereocenters. The molecule has 0 fully saturated rings. The van der Waals surface area contributed by atoms with Crippen LogP contribution in [0.5, 0.6) is 0 Å². The molecule has 0 saturated heterocycles. The normalized spacial score (nSPS) is 12.9. The van der Waals surface area contributed by atoms with Crippen molar-refractivity contribution in [2.24, 2.45) is 0 Å². The van der Waals surface area contributed by atoms with Gasteiger partial charge in [-0.1, -0.05) is 18.2 Å². The molecular formula is C26H27F3N2O4. The Kier molecular flexibility index (Phi) is 7.12. The zero-order chi connectivity index (χ0) is 26.1. The maximum Gasteiger partial charge on any atom is 0.416 e. The number of para-hydroxylation sites is 1. The number of nitrogens with one attached hydrogen (secondary N) is 1. The molecule has 0 aliphatic carbocycles. The van der Waals surface area contributed by atoms with Crippen molar-refractivity contribution in [2.75, 3.05) is 5.32 Å². The molecule has 2 N–H and O–H groups in total. The van der Waals surface area contributed by atoms with Gasteiger partial charge in [0.05, 0.1) is 16.9 Å². The average Bonchev–Trinajstić information content (AvgIpc) is 2.77. The molecule has 3 rings (SSSR count). The van der Waals surface area contributed by atoms with Crippen molar-refractivity contribution in [3.05, 3.63) is 87.3 Å². The summed E-state index contributed by atoms with van der Waals surface area (Å²) in [5.41, 5.74) is -0.646. The zero-order valence-corrected chi connectivity index (χ0v) is 20.0. The monoisotopic (exact) mass is 488 g/mol. The van der Waals surface area contributed by atoms with Gasteiger partial charge in [0.25, 0.3) is 0 Å². The van der Waals surface area contributed by atoms with Crippen molar-refractivity contribution in [3.8, 4) is 5.69 Å². The molecule has 35 heavy (non-hydrogen) atoms. The van der Waals surface area contributed by atoms with Gasteiger partial charge in [0, 0.05) is 22.6 Å². The van der Waals surface area contributed by atoms with Gasteiger partial charge in [-0.3, -0.25) is 4.79 Å². The van der Waals surface area contributed by atoms with Crippen LogP contribution in [0.2, 0.25) is 0 Å². The van der Waals surface area contributed by atoms with Crippen LogP contribution in [0.3, 0.4) is 0 Å². The third kappa shape index (κ3) is 5.74. The first kappa shape index (κ1) is 26.0. The summed E-state index contributed by atoms with van der Waals surface area (Å²) in [6.07, 6.45) is -6.08. The van der Waals surface area contributed by atoms with Crippen molar-refractivity contribution in [3.63, 3.8) is 0 Å². The summed E-state index contributed by atoms with van der Waals surface area (Å²) in [4.78, 5) is 25.7. The van der Waals surface area contributed by atoms with Crippen molar-refractivity contribution >= 4 is 17.3 Å². The van der Waals surface area contributed by atoms with E-state index in [1.165, 1.54) is 23.6 Å². The van der Waals surface area contributed by atoms with Gasteiger partial charge < -0.3 is 19.7 Å². The third-order valence-electron chi connectivity index (χ3n) is 5.33. The van der Waals surface area contributed by atoms with Crippen LogP contribution in [-0.2, 0) is 15.7 Å². The van der Waals surface area contributed by atoms with Crippen LogP contribution in [0.1, 0.15) is 49.4 Å². The van der Waals surface area contributed by atoms with Crippen molar-refractivity contribution in [1.82, 2.24) is 4.57 Å². The number of benzene rings is 2. The summed E-state index contributed by atoms with van der Waals surface area (Å²) in [6.45, 7) is 8.12. The molecule has 3 aromatic rings. The van der Waals surface area contributed by atoms with Gasteiger partial charge in [0.2, 0.25) is 5.43 Å². The molecular weight excluding hydrogens is 461 g/mol. The van der Waals surface area contributed by atoms with Crippen LogP contribution in [0.4, 0.5) is 24.5 Å². The van der Waals surface area contributed by atoms with E-state index in [0.717, 1.165) is 12.1 Å². The summed E-state index contributed by atoms with van der Waals surface area (Å²) in [5, 5.41) is 13.1. The topological polar surface area (TPSA) is 80.6 Å². The van der Waals surface area contributed by atoms with Crippen LogP contribution in [0.25, 0.3) is 5.69 Å². The molecule has 2 aromatic carbocycles. The first-order chi connectivity index (χ1) is 16.2. The average molecular weight is 489 g/mol. The van der Waals surface area contributed by atoms with Crippen LogP contribution >= 0.6 is 0 Å². The van der Waals surface area contributed by atoms with Crippen LogP contribution in [-0.4, -0.2) is 21.2 Å². The van der Waals surface area contributed by atoms with Crippen LogP contribution in [0.15, 0.2) is 59.4 Å². The Bertz CT molecular complexity index is 1280. The van der Waals surface area contributed by atoms with Gasteiger partial charge in [-0.15, -0.1) is 0 Å². The van der Waals surface area contributed by atoms with E-state index in [4.69, 9.17) is 4.74 Å². The smallest absolute Gasteiger partial charge is 0.416 e. The van der Waals surface area contributed by atoms with Crippen LogP contribution < -0.4 is 10.7 Å². The Morgan fingerprint density at radius 3 is 2.06 bits per heavy atom. The lowest BCUT2D eigenvalue weighted by atomic mass is 10.0. The highest BCUT2D eigenvalue weighted by Crippen LogP contribution is 2.34. The number of carboxylic acid groups (broad SMARTS) is 1. The second kappa shape index (κ2) is 9.58. The molecule has 1 unspecified atom stereocenters. The predicted molar refractivity (Wildman–Crippen MR) is 127 cm³/mol.